The van der Waals surface area contributed by atoms with Crippen LogP contribution in [0.3, 0.4) is 0 Å². The third kappa shape index (κ3) is 4.13. The lowest BCUT2D eigenvalue weighted by Gasteiger charge is -2.51. The maximum absolute atomic E-state index is 15.5. The van der Waals surface area contributed by atoms with E-state index in [9.17, 15) is 9.90 Å². The van der Waals surface area contributed by atoms with Gasteiger partial charge in [-0.1, -0.05) is 52.0 Å². The largest absolute Gasteiger partial charge is 0.465 e. The molecule has 2 atom stereocenters. The Kier molecular flexibility index (Phi) is 5.96. The highest BCUT2D eigenvalue weighted by molar-refractivity contribution is 5.70. The molecule has 0 saturated carbocycles. The molecule has 3 heterocycles. The van der Waals surface area contributed by atoms with Crippen LogP contribution in [0.2, 0.25) is 0 Å². The molecule has 6 rings (SSSR count). The van der Waals surface area contributed by atoms with Crippen LogP contribution in [0, 0.1) is 23.1 Å². The van der Waals surface area contributed by atoms with Crippen LogP contribution < -0.4 is 0 Å². The van der Waals surface area contributed by atoms with Gasteiger partial charge in [0.2, 0.25) is 0 Å². The Morgan fingerprint density at radius 2 is 1.85 bits per heavy atom. The summed E-state index contributed by atoms with van der Waals surface area (Å²) in [7, 11) is 0. The summed E-state index contributed by atoms with van der Waals surface area (Å²) in [5, 5.41) is 10.4. The Bertz CT molecular complexity index is 1070. The molecular formula is C29H37FN2O2. The molecule has 4 aliphatic rings. The van der Waals surface area contributed by atoms with Crippen molar-refractivity contribution in [1.82, 2.24) is 9.80 Å². The molecule has 3 fully saturated rings. The molecule has 0 aromatic heterocycles. The molecule has 2 aromatic carbocycles. The summed E-state index contributed by atoms with van der Waals surface area (Å²) in [6.07, 6.45) is 2.97. The number of halogens is 1. The Balaban J connectivity index is 1.50. The Morgan fingerprint density at radius 1 is 1.18 bits per heavy atom. The molecule has 2 bridgehead atoms. The van der Waals surface area contributed by atoms with Gasteiger partial charge in [0.25, 0.3) is 0 Å². The van der Waals surface area contributed by atoms with Gasteiger partial charge < -0.3 is 10.0 Å². The van der Waals surface area contributed by atoms with Crippen molar-refractivity contribution in [2.24, 2.45) is 17.3 Å². The Labute approximate surface area is 202 Å². The van der Waals surface area contributed by atoms with E-state index in [1.807, 2.05) is 18.2 Å². The maximum Gasteiger partial charge on any atom is 0.408 e. The van der Waals surface area contributed by atoms with Crippen LogP contribution in [0.25, 0.3) is 11.1 Å². The van der Waals surface area contributed by atoms with E-state index in [2.05, 4.69) is 44.7 Å². The molecule has 34 heavy (non-hydrogen) atoms. The van der Waals surface area contributed by atoms with Crippen molar-refractivity contribution in [2.75, 3.05) is 19.6 Å². The van der Waals surface area contributed by atoms with Gasteiger partial charge in [0.15, 0.2) is 0 Å². The SMILES string of the molecule is CC(C)Cc1ccc(-c2cc3c(cc2F)[C@H](N(C(=O)O)[C@@H]2CN4CCC2CC4)C(C)(C)C3)cc1. The fourth-order valence-corrected chi connectivity index (χ4v) is 6.78. The number of benzene rings is 2. The zero-order valence-electron chi connectivity index (χ0n) is 20.9. The van der Waals surface area contributed by atoms with Gasteiger partial charge in [-0.25, -0.2) is 9.18 Å². The lowest BCUT2D eigenvalue weighted by molar-refractivity contribution is -0.0267. The number of rotatable bonds is 5. The first-order valence-corrected chi connectivity index (χ1v) is 12.8. The minimum Gasteiger partial charge on any atom is -0.465 e. The first-order chi connectivity index (χ1) is 16.1. The second-order valence-electron chi connectivity index (χ2n) is 11.8. The number of carboxylic acid groups (broad SMARTS) is 1. The highest BCUT2D eigenvalue weighted by Gasteiger charge is 2.50. The normalized spacial score (nSPS) is 27.1. The van der Waals surface area contributed by atoms with Gasteiger partial charge >= 0.3 is 6.09 Å². The van der Waals surface area contributed by atoms with E-state index in [0.29, 0.717) is 17.4 Å². The standard InChI is InChI=1S/C29H37FN2O2/c1-18(2)13-19-5-7-20(8-6-19)23-14-22-16-29(3,4)27(24(22)15-25(23)30)32(28(33)34)26-17-31-11-9-21(26)10-12-31/h5-8,14-15,18,21,26-27H,9-13,16-17H2,1-4H3,(H,33,34)/t26-,27+/m1/s1. The van der Waals surface area contributed by atoms with E-state index in [4.69, 9.17) is 0 Å². The van der Waals surface area contributed by atoms with Gasteiger partial charge in [0, 0.05) is 12.1 Å². The zero-order valence-corrected chi connectivity index (χ0v) is 20.9. The summed E-state index contributed by atoms with van der Waals surface area (Å²) in [5.41, 5.74) is 4.37. The predicted molar refractivity (Wildman–Crippen MR) is 133 cm³/mol. The number of hydrogen-bond donors (Lipinski definition) is 1. The summed E-state index contributed by atoms with van der Waals surface area (Å²) in [5.74, 6) is 0.710. The topological polar surface area (TPSA) is 43.8 Å². The van der Waals surface area contributed by atoms with Gasteiger partial charge in [-0.3, -0.25) is 4.90 Å². The van der Waals surface area contributed by atoms with E-state index in [1.54, 1.807) is 11.0 Å². The van der Waals surface area contributed by atoms with Crippen LogP contribution >= 0.6 is 0 Å². The number of fused-ring (bicyclic) bond motifs is 4. The number of nitrogens with zero attached hydrogens (tertiary/aromatic N) is 2. The minimum atomic E-state index is -0.880. The fraction of sp³-hybridized carbons (Fsp3) is 0.552. The van der Waals surface area contributed by atoms with Gasteiger partial charge in [0.05, 0.1) is 12.1 Å². The molecule has 2 aromatic rings. The van der Waals surface area contributed by atoms with Gasteiger partial charge in [0.1, 0.15) is 5.82 Å². The molecule has 5 heteroatoms. The van der Waals surface area contributed by atoms with Crippen molar-refractivity contribution in [2.45, 2.75) is 65.5 Å². The molecular weight excluding hydrogens is 427 g/mol. The molecule has 0 radical (unpaired) electrons. The van der Waals surface area contributed by atoms with Gasteiger partial charge in [-0.05, 0) is 90.4 Å². The Morgan fingerprint density at radius 3 is 2.41 bits per heavy atom. The molecule has 1 N–H and O–H groups in total. The summed E-state index contributed by atoms with van der Waals surface area (Å²) in [6, 6.07) is 11.5. The lowest BCUT2D eigenvalue weighted by Crippen LogP contribution is -2.60. The zero-order chi connectivity index (χ0) is 24.2. The van der Waals surface area contributed by atoms with Crippen LogP contribution in [-0.2, 0) is 12.8 Å². The van der Waals surface area contributed by atoms with Crippen LogP contribution in [0.1, 0.15) is 63.3 Å². The average molecular weight is 465 g/mol. The van der Waals surface area contributed by atoms with Crippen molar-refractivity contribution in [3.63, 3.8) is 0 Å². The quantitative estimate of drug-likeness (QED) is 0.558. The second kappa shape index (κ2) is 8.67. The van der Waals surface area contributed by atoms with Crippen molar-refractivity contribution < 1.29 is 14.3 Å². The van der Waals surface area contributed by atoms with E-state index >= 15 is 4.39 Å². The molecule has 3 aliphatic heterocycles. The predicted octanol–water partition coefficient (Wildman–Crippen LogP) is 6.39. The van der Waals surface area contributed by atoms with E-state index in [-0.39, 0.29) is 23.3 Å². The third-order valence-electron chi connectivity index (χ3n) is 8.30. The number of carbonyl (C=O) groups is 1. The van der Waals surface area contributed by atoms with Crippen LogP contribution in [0.4, 0.5) is 9.18 Å². The summed E-state index contributed by atoms with van der Waals surface area (Å²) < 4.78 is 15.5. The highest BCUT2D eigenvalue weighted by atomic mass is 19.1. The smallest absolute Gasteiger partial charge is 0.408 e. The van der Waals surface area contributed by atoms with Crippen LogP contribution in [0.15, 0.2) is 36.4 Å². The molecule has 1 aliphatic carbocycles. The molecule has 0 spiro atoms. The first kappa shape index (κ1) is 23.3. The fourth-order valence-electron chi connectivity index (χ4n) is 6.78. The second-order valence-corrected chi connectivity index (χ2v) is 11.8. The molecule has 1 amide bonds. The Hall–Kier alpha value is -2.40. The van der Waals surface area contributed by atoms with Crippen molar-refractivity contribution >= 4 is 6.09 Å². The summed E-state index contributed by atoms with van der Waals surface area (Å²) in [6.45, 7) is 11.6. The maximum atomic E-state index is 15.5. The van der Waals surface area contributed by atoms with Crippen molar-refractivity contribution in [1.29, 1.82) is 0 Å². The minimum absolute atomic E-state index is 0.0218. The molecule has 3 saturated heterocycles. The average Bonchev–Trinajstić information content (AvgIpc) is 3.03. The third-order valence-corrected chi connectivity index (χ3v) is 8.30. The number of amides is 1. The number of hydrogen-bond acceptors (Lipinski definition) is 2. The van der Waals surface area contributed by atoms with Gasteiger partial charge in [-0.2, -0.15) is 0 Å². The van der Waals surface area contributed by atoms with Crippen LogP contribution in [-0.4, -0.2) is 46.7 Å². The monoisotopic (exact) mass is 464 g/mol. The molecule has 0 unspecified atom stereocenters. The van der Waals surface area contributed by atoms with E-state index < -0.39 is 6.09 Å². The van der Waals surface area contributed by atoms with E-state index in [1.165, 1.54) is 5.56 Å². The summed E-state index contributed by atoms with van der Waals surface area (Å²) in [4.78, 5) is 16.7. The van der Waals surface area contributed by atoms with E-state index in [0.717, 1.165) is 62.0 Å². The molecule has 182 valence electrons. The summed E-state index contributed by atoms with van der Waals surface area (Å²) >= 11 is 0. The first-order valence-electron chi connectivity index (χ1n) is 12.8. The lowest BCUT2D eigenvalue weighted by atomic mass is 9.79. The van der Waals surface area contributed by atoms with Crippen molar-refractivity contribution in [3.8, 4) is 11.1 Å². The highest BCUT2D eigenvalue weighted by Crippen LogP contribution is 2.52. The van der Waals surface area contributed by atoms with Gasteiger partial charge in [-0.15, -0.1) is 0 Å². The van der Waals surface area contributed by atoms with Crippen molar-refractivity contribution in [3.05, 3.63) is 58.9 Å². The van der Waals surface area contributed by atoms with Crippen LogP contribution in [0.5, 0.6) is 0 Å². The molecule has 4 nitrogen and oxygen atoms in total. The number of piperidine rings is 3.